The molecule has 188 valence electrons. The van der Waals surface area contributed by atoms with Crippen molar-refractivity contribution >= 4 is 11.8 Å². The quantitative estimate of drug-likeness (QED) is 0.467. The minimum Gasteiger partial charge on any atom is -0.454 e. The third-order valence-corrected chi connectivity index (χ3v) is 6.03. The zero-order chi connectivity index (χ0) is 25.5. The second kappa shape index (κ2) is 11.3. The van der Waals surface area contributed by atoms with Crippen LogP contribution in [0.15, 0.2) is 78.9 Å². The third kappa shape index (κ3) is 6.87. The van der Waals surface area contributed by atoms with Gasteiger partial charge in [-0.2, -0.15) is 0 Å². The SMILES string of the molecule is CC(C)(C)NC(=O)[C@H](Cc1ccccc1)N(Cc1ccccc1)C(=O)CCc1ccc2c(c1)OCO2. The van der Waals surface area contributed by atoms with E-state index in [1.165, 1.54) is 0 Å². The fraction of sp³-hybridized carbons (Fsp3) is 0.333. The molecule has 1 aliphatic rings. The van der Waals surface area contributed by atoms with Crippen LogP contribution in [0.1, 0.15) is 43.9 Å². The molecule has 1 N–H and O–H groups in total. The zero-order valence-electron chi connectivity index (χ0n) is 21.2. The monoisotopic (exact) mass is 486 g/mol. The van der Waals surface area contributed by atoms with Gasteiger partial charge in [-0.3, -0.25) is 9.59 Å². The number of nitrogens with one attached hydrogen (secondary N) is 1. The maximum absolute atomic E-state index is 13.7. The van der Waals surface area contributed by atoms with Gasteiger partial charge in [0.25, 0.3) is 0 Å². The largest absolute Gasteiger partial charge is 0.454 e. The Balaban J connectivity index is 1.59. The molecule has 4 rings (SSSR count). The van der Waals surface area contributed by atoms with E-state index < -0.39 is 11.6 Å². The average molecular weight is 487 g/mol. The molecule has 1 heterocycles. The van der Waals surface area contributed by atoms with Crippen molar-refractivity contribution < 1.29 is 19.1 Å². The highest BCUT2D eigenvalue weighted by Gasteiger charge is 2.32. The fourth-order valence-corrected chi connectivity index (χ4v) is 4.28. The summed E-state index contributed by atoms with van der Waals surface area (Å²) in [7, 11) is 0. The molecule has 3 aromatic carbocycles. The molecular weight excluding hydrogens is 452 g/mol. The molecule has 2 amide bonds. The molecule has 0 unspecified atom stereocenters. The van der Waals surface area contributed by atoms with Crippen LogP contribution < -0.4 is 14.8 Å². The second-order valence-electron chi connectivity index (χ2n) is 10.1. The lowest BCUT2D eigenvalue weighted by atomic mass is 9.99. The Labute approximate surface area is 213 Å². The second-order valence-corrected chi connectivity index (χ2v) is 10.1. The molecule has 0 aliphatic carbocycles. The number of amides is 2. The number of benzene rings is 3. The number of nitrogens with zero attached hydrogens (tertiary/aromatic N) is 1. The van der Waals surface area contributed by atoms with E-state index in [9.17, 15) is 9.59 Å². The van der Waals surface area contributed by atoms with Crippen molar-refractivity contribution in [2.45, 2.75) is 58.2 Å². The molecule has 1 aliphatic heterocycles. The number of carbonyl (C=O) groups is 2. The predicted molar refractivity (Wildman–Crippen MR) is 140 cm³/mol. The van der Waals surface area contributed by atoms with Crippen molar-refractivity contribution in [3.63, 3.8) is 0 Å². The average Bonchev–Trinajstić information content (AvgIpc) is 3.33. The summed E-state index contributed by atoms with van der Waals surface area (Å²) in [5.41, 5.74) is 2.56. The summed E-state index contributed by atoms with van der Waals surface area (Å²) in [6.07, 6.45) is 1.26. The van der Waals surface area contributed by atoms with Crippen LogP contribution in [0.4, 0.5) is 0 Å². The van der Waals surface area contributed by atoms with Crippen LogP contribution in [-0.2, 0) is 29.0 Å². The van der Waals surface area contributed by atoms with Crippen molar-refractivity contribution in [3.05, 3.63) is 95.6 Å². The summed E-state index contributed by atoms with van der Waals surface area (Å²) < 4.78 is 10.9. The molecule has 0 fully saturated rings. The van der Waals surface area contributed by atoms with Gasteiger partial charge in [0.2, 0.25) is 18.6 Å². The maximum Gasteiger partial charge on any atom is 0.243 e. The van der Waals surface area contributed by atoms with Crippen LogP contribution >= 0.6 is 0 Å². The van der Waals surface area contributed by atoms with Gasteiger partial charge in [0.1, 0.15) is 6.04 Å². The van der Waals surface area contributed by atoms with Crippen molar-refractivity contribution in [1.82, 2.24) is 10.2 Å². The Morgan fingerprint density at radius 2 is 1.50 bits per heavy atom. The highest BCUT2D eigenvalue weighted by molar-refractivity contribution is 5.88. The van der Waals surface area contributed by atoms with Crippen LogP contribution in [-0.4, -0.2) is 35.1 Å². The molecule has 1 atom stereocenters. The lowest BCUT2D eigenvalue weighted by Gasteiger charge is -2.34. The van der Waals surface area contributed by atoms with Crippen LogP contribution in [0.3, 0.4) is 0 Å². The van der Waals surface area contributed by atoms with E-state index in [0.29, 0.717) is 25.1 Å². The van der Waals surface area contributed by atoms with Crippen molar-refractivity contribution in [2.75, 3.05) is 6.79 Å². The predicted octanol–water partition coefficient (Wildman–Crippen LogP) is 4.90. The van der Waals surface area contributed by atoms with Gasteiger partial charge >= 0.3 is 0 Å². The van der Waals surface area contributed by atoms with Crippen molar-refractivity contribution in [1.29, 1.82) is 0 Å². The van der Waals surface area contributed by atoms with Crippen LogP contribution in [0.2, 0.25) is 0 Å². The lowest BCUT2D eigenvalue weighted by molar-refractivity contribution is -0.141. The number of hydrogen-bond donors (Lipinski definition) is 1. The first kappa shape index (κ1) is 25.3. The number of ether oxygens (including phenoxy) is 2. The lowest BCUT2D eigenvalue weighted by Crippen LogP contribution is -2.54. The molecule has 0 spiro atoms. The van der Waals surface area contributed by atoms with Gasteiger partial charge in [-0.05, 0) is 56.0 Å². The van der Waals surface area contributed by atoms with Crippen LogP contribution in [0.5, 0.6) is 11.5 Å². The highest BCUT2D eigenvalue weighted by atomic mass is 16.7. The first-order valence-electron chi connectivity index (χ1n) is 12.4. The minimum atomic E-state index is -0.643. The molecule has 0 radical (unpaired) electrons. The minimum absolute atomic E-state index is 0.0680. The first-order chi connectivity index (χ1) is 17.3. The van der Waals surface area contributed by atoms with E-state index in [4.69, 9.17) is 9.47 Å². The number of fused-ring (bicyclic) bond motifs is 1. The number of carbonyl (C=O) groups excluding carboxylic acids is 2. The Morgan fingerprint density at radius 1 is 0.861 bits per heavy atom. The molecule has 36 heavy (non-hydrogen) atoms. The normalized spacial score (nSPS) is 13.2. The Bertz CT molecular complexity index is 1170. The Kier molecular flexibility index (Phi) is 7.93. The van der Waals surface area contributed by atoms with E-state index in [1.54, 1.807) is 4.90 Å². The molecule has 0 saturated carbocycles. The van der Waals surface area contributed by atoms with Gasteiger partial charge in [0.05, 0.1) is 0 Å². The third-order valence-electron chi connectivity index (χ3n) is 6.03. The summed E-state index contributed by atoms with van der Waals surface area (Å²) in [4.78, 5) is 29.0. The molecular formula is C30H34N2O4. The molecule has 6 heteroatoms. The summed E-state index contributed by atoms with van der Waals surface area (Å²) in [6, 6.07) is 24.8. The van der Waals surface area contributed by atoms with Gasteiger partial charge in [0, 0.05) is 24.9 Å². The summed E-state index contributed by atoms with van der Waals surface area (Å²) >= 11 is 0. The van der Waals surface area contributed by atoms with E-state index in [0.717, 1.165) is 22.4 Å². The smallest absolute Gasteiger partial charge is 0.243 e. The topological polar surface area (TPSA) is 67.9 Å². The van der Waals surface area contributed by atoms with E-state index in [-0.39, 0.29) is 25.0 Å². The first-order valence-corrected chi connectivity index (χ1v) is 12.4. The zero-order valence-corrected chi connectivity index (χ0v) is 21.2. The van der Waals surface area contributed by atoms with Gasteiger partial charge in [-0.25, -0.2) is 0 Å². The number of aryl methyl sites for hydroxylation is 1. The number of rotatable bonds is 9. The summed E-state index contributed by atoms with van der Waals surface area (Å²) in [6.45, 7) is 6.43. The highest BCUT2D eigenvalue weighted by Crippen LogP contribution is 2.33. The van der Waals surface area contributed by atoms with Gasteiger partial charge in [0.15, 0.2) is 11.5 Å². The Hall–Kier alpha value is -3.80. The van der Waals surface area contributed by atoms with Crippen LogP contribution in [0, 0.1) is 0 Å². The number of hydrogen-bond acceptors (Lipinski definition) is 4. The van der Waals surface area contributed by atoms with E-state index in [1.807, 2.05) is 99.6 Å². The van der Waals surface area contributed by atoms with Gasteiger partial charge in [-0.15, -0.1) is 0 Å². The van der Waals surface area contributed by atoms with E-state index in [2.05, 4.69) is 5.32 Å². The van der Waals surface area contributed by atoms with Crippen molar-refractivity contribution in [2.24, 2.45) is 0 Å². The molecule has 0 aromatic heterocycles. The summed E-state index contributed by atoms with van der Waals surface area (Å²) in [5, 5.41) is 3.10. The van der Waals surface area contributed by atoms with Gasteiger partial charge < -0.3 is 19.7 Å². The Morgan fingerprint density at radius 3 is 2.17 bits per heavy atom. The molecule has 6 nitrogen and oxygen atoms in total. The van der Waals surface area contributed by atoms with Crippen LogP contribution in [0.25, 0.3) is 0 Å². The summed E-state index contributed by atoms with van der Waals surface area (Å²) in [5.74, 6) is 1.20. The maximum atomic E-state index is 13.7. The molecule has 0 bridgehead atoms. The van der Waals surface area contributed by atoms with Gasteiger partial charge in [-0.1, -0.05) is 66.7 Å². The fourth-order valence-electron chi connectivity index (χ4n) is 4.28. The standard InChI is InChI=1S/C30H34N2O4/c1-30(2,3)31-29(34)25(18-22-10-6-4-7-11-22)32(20-24-12-8-5-9-13-24)28(33)17-15-23-14-16-26-27(19-23)36-21-35-26/h4-14,16,19,25H,15,17-18,20-21H2,1-3H3,(H,31,34)/t25-/m0/s1. The molecule has 0 saturated heterocycles. The van der Waals surface area contributed by atoms with E-state index >= 15 is 0 Å². The molecule has 3 aromatic rings. The van der Waals surface area contributed by atoms with Crippen molar-refractivity contribution in [3.8, 4) is 11.5 Å².